The number of thiophene rings is 1. The quantitative estimate of drug-likeness (QED) is 0.790. The molecule has 6 heteroatoms. The molecule has 3 rings (SSSR count). The third-order valence-electron chi connectivity index (χ3n) is 3.17. The highest BCUT2D eigenvalue weighted by Crippen LogP contribution is 2.20. The number of aromatic nitrogens is 2. The van der Waals surface area contributed by atoms with Crippen molar-refractivity contribution in [2.24, 2.45) is 0 Å². The number of benzene rings is 1. The number of fused-ring (bicyclic) bond motifs is 1. The molecule has 0 bridgehead atoms. The monoisotopic (exact) mass is 299 g/mol. The fraction of sp³-hybridized carbons (Fsp3) is 0.133. The summed E-state index contributed by atoms with van der Waals surface area (Å²) in [6.45, 7) is 3.83. The first-order chi connectivity index (χ1) is 10.1. The van der Waals surface area contributed by atoms with Crippen molar-refractivity contribution in [2.75, 3.05) is 5.43 Å². The van der Waals surface area contributed by atoms with E-state index in [9.17, 15) is 9.59 Å². The lowest BCUT2D eigenvalue weighted by molar-refractivity contribution is 0.101. The number of aryl methyl sites for hydroxylation is 2. The summed E-state index contributed by atoms with van der Waals surface area (Å²) < 4.78 is 1.12. The topological polar surface area (TPSA) is 64.0 Å². The Kier molecular flexibility index (Phi) is 3.31. The van der Waals surface area contributed by atoms with Gasteiger partial charge in [-0.2, -0.15) is 0 Å². The zero-order valence-electron chi connectivity index (χ0n) is 11.6. The van der Waals surface area contributed by atoms with Crippen LogP contribution in [0.2, 0.25) is 0 Å². The summed E-state index contributed by atoms with van der Waals surface area (Å²) in [5.41, 5.74) is 3.48. The molecule has 0 aliphatic heterocycles. The Morgan fingerprint density at radius 1 is 1.29 bits per heavy atom. The summed E-state index contributed by atoms with van der Waals surface area (Å²) in [6, 6.07) is 8.84. The molecule has 2 heterocycles. The van der Waals surface area contributed by atoms with Crippen molar-refractivity contribution < 1.29 is 4.79 Å². The van der Waals surface area contributed by atoms with Crippen LogP contribution < -0.4 is 11.0 Å². The van der Waals surface area contributed by atoms with Crippen molar-refractivity contribution in [3.63, 3.8) is 0 Å². The maximum atomic E-state index is 12.3. The summed E-state index contributed by atoms with van der Waals surface area (Å²) in [6.07, 6.45) is 1.33. The van der Waals surface area contributed by atoms with Crippen LogP contribution in [0.3, 0.4) is 0 Å². The van der Waals surface area contributed by atoms with Crippen LogP contribution in [0.5, 0.6) is 0 Å². The second-order valence-electron chi connectivity index (χ2n) is 4.70. The lowest BCUT2D eigenvalue weighted by Gasteiger charge is -2.08. The van der Waals surface area contributed by atoms with E-state index in [4.69, 9.17) is 0 Å². The standard InChI is InChI=1S/C15H13N3O2S/c1-9-7-12(10(2)21-9)14(19)17-18-8-16-13-6-4-3-5-11(13)15(18)20/h3-8H,1-2H3,(H,17,19). The molecule has 21 heavy (non-hydrogen) atoms. The first-order valence-electron chi connectivity index (χ1n) is 6.41. The molecule has 5 nitrogen and oxygen atoms in total. The summed E-state index contributed by atoms with van der Waals surface area (Å²) in [5, 5.41) is 0.471. The summed E-state index contributed by atoms with van der Waals surface area (Å²) in [5.74, 6) is -0.309. The Labute approximate surface area is 124 Å². The molecule has 0 saturated heterocycles. The van der Waals surface area contributed by atoms with Crippen LogP contribution in [0.1, 0.15) is 20.1 Å². The molecule has 0 atom stereocenters. The number of amides is 1. The summed E-state index contributed by atoms with van der Waals surface area (Å²) >= 11 is 1.55. The highest BCUT2D eigenvalue weighted by molar-refractivity contribution is 7.12. The van der Waals surface area contributed by atoms with Crippen LogP contribution in [0.25, 0.3) is 10.9 Å². The minimum atomic E-state index is -0.309. The first-order valence-corrected chi connectivity index (χ1v) is 7.22. The minimum absolute atomic E-state index is 0.293. The van der Waals surface area contributed by atoms with Crippen molar-refractivity contribution in [2.45, 2.75) is 13.8 Å². The number of nitrogens with zero attached hydrogens (tertiary/aromatic N) is 2. The van der Waals surface area contributed by atoms with Gasteiger partial charge >= 0.3 is 0 Å². The van der Waals surface area contributed by atoms with Crippen LogP contribution in [-0.4, -0.2) is 15.6 Å². The smallest absolute Gasteiger partial charge is 0.267 e. The first kappa shape index (κ1) is 13.5. The van der Waals surface area contributed by atoms with E-state index in [0.717, 1.165) is 14.4 Å². The van der Waals surface area contributed by atoms with Crippen LogP contribution in [0, 0.1) is 13.8 Å². The number of hydrogen-bond acceptors (Lipinski definition) is 4. The molecule has 1 N–H and O–H groups in total. The Morgan fingerprint density at radius 2 is 2.05 bits per heavy atom. The number of hydrogen-bond donors (Lipinski definition) is 1. The van der Waals surface area contributed by atoms with Crippen LogP contribution in [-0.2, 0) is 0 Å². The molecule has 1 aromatic carbocycles. The fourth-order valence-electron chi connectivity index (χ4n) is 2.17. The lowest BCUT2D eigenvalue weighted by Crippen LogP contribution is -2.33. The van der Waals surface area contributed by atoms with Crippen molar-refractivity contribution in [1.29, 1.82) is 0 Å². The number of carbonyl (C=O) groups is 1. The maximum Gasteiger partial charge on any atom is 0.280 e. The number of carbonyl (C=O) groups excluding carboxylic acids is 1. The third-order valence-corrected chi connectivity index (χ3v) is 4.14. The molecule has 0 unspecified atom stereocenters. The Morgan fingerprint density at radius 3 is 2.76 bits per heavy atom. The van der Waals surface area contributed by atoms with E-state index in [0.29, 0.717) is 16.5 Å². The zero-order chi connectivity index (χ0) is 15.0. The van der Waals surface area contributed by atoms with E-state index in [2.05, 4.69) is 10.4 Å². The molecular formula is C15H13N3O2S. The average Bonchev–Trinajstić information content (AvgIpc) is 2.81. The molecule has 0 radical (unpaired) electrons. The van der Waals surface area contributed by atoms with Crippen molar-refractivity contribution in [3.8, 4) is 0 Å². The van der Waals surface area contributed by atoms with Gasteiger partial charge in [-0.1, -0.05) is 12.1 Å². The maximum absolute atomic E-state index is 12.3. The second-order valence-corrected chi connectivity index (χ2v) is 6.17. The summed E-state index contributed by atoms with van der Waals surface area (Å²) in [4.78, 5) is 30.7. The molecule has 0 aliphatic rings. The van der Waals surface area contributed by atoms with Crippen LogP contribution in [0.15, 0.2) is 41.5 Å². The van der Waals surface area contributed by atoms with Gasteiger partial charge in [0.15, 0.2) is 0 Å². The van der Waals surface area contributed by atoms with Crippen LogP contribution in [0.4, 0.5) is 0 Å². The van der Waals surface area contributed by atoms with Gasteiger partial charge in [0.2, 0.25) is 0 Å². The van der Waals surface area contributed by atoms with Gasteiger partial charge in [0.05, 0.1) is 16.5 Å². The average molecular weight is 299 g/mol. The van der Waals surface area contributed by atoms with Crippen molar-refractivity contribution >= 4 is 28.1 Å². The minimum Gasteiger partial charge on any atom is -0.267 e. The largest absolute Gasteiger partial charge is 0.280 e. The predicted octanol–water partition coefficient (Wildman–Crippen LogP) is 2.46. The van der Waals surface area contributed by atoms with Gasteiger partial charge in [0, 0.05) is 9.75 Å². The van der Waals surface area contributed by atoms with E-state index < -0.39 is 0 Å². The van der Waals surface area contributed by atoms with Gasteiger partial charge in [-0.3, -0.25) is 15.0 Å². The zero-order valence-corrected chi connectivity index (χ0v) is 12.4. The van der Waals surface area contributed by atoms with Crippen molar-refractivity contribution in [1.82, 2.24) is 9.66 Å². The summed E-state index contributed by atoms with van der Waals surface area (Å²) in [7, 11) is 0. The van der Waals surface area contributed by atoms with Crippen molar-refractivity contribution in [3.05, 3.63) is 62.3 Å². The number of para-hydroxylation sites is 1. The van der Waals surface area contributed by atoms with E-state index in [-0.39, 0.29) is 11.5 Å². The SMILES string of the molecule is Cc1cc(C(=O)Nn2cnc3ccccc3c2=O)c(C)s1. The highest BCUT2D eigenvalue weighted by Gasteiger charge is 2.13. The van der Waals surface area contributed by atoms with Gasteiger partial charge in [-0.05, 0) is 32.0 Å². The lowest BCUT2D eigenvalue weighted by atomic mass is 10.2. The van der Waals surface area contributed by atoms with Crippen LogP contribution >= 0.6 is 11.3 Å². The van der Waals surface area contributed by atoms with E-state index >= 15 is 0 Å². The predicted molar refractivity (Wildman–Crippen MR) is 83.5 cm³/mol. The molecular weight excluding hydrogens is 286 g/mol. The van der Waals surface area contributed by atoms with E-state index in [1.165, 1.54) is 6.33 Å². The molecule has 1 amide bonds. The van der Waals surface area contributed by atoms with E-state index in [1.807, 2.05) is 26.0 Å². The number of nitrogens with one attached hydrogen (secondary N) is 1. The molecule has 0 aliphatic carbocycles. The van der Waals surface area contributed by atoms with Gasteiger partial charge in [0.25, 0.3) is 11.5 Å². The third kappa shape index (κ3) is 2.45. The Bertz CT molecular complexity index is 895. The molecule has 0 fully saturated rings. The molecule has 3 aromatic rings. The Hall–Kier alpha value is -2.47. The highest BCUT2D eigenvalue weighted by atomic mass is 32.1. The van der Waals surface area contributed by atoms with Gasteiger partial charge < -0.3 is 0 Å². The van der Waals surface area contributed by atoms with Gasteiger partial charge in [-0.25, -0.2) is 9.66 Å². The van der Waals surface area contributed by atoms with Gasteiger partial charge in [0.1, 0.15) is 6.33 Å². The normalized spacial score (nSPS) is 10.8. The molecule has 0 saturated carbocycles. The Balaban J connectivity index is 1.99. The fourth-order valence-corrected chi connectivity index (χ4v) is 3.10. The molecule has 106 valence electrons. The molecule has 2 aromatic heterocycles. The van der Waals surface area contributed by atoms with E-state index in [1.54, 1.807) is 29.5 Å². The molecule has 0 spiro atoms. The number of rotatable bonds is 2. The second kappa shape index (κ2) is 5.14. The van der Waals surface area contributed by atoms with Gasteiger partial charge in [-0.15, -0.1) is 11.3 Å².